The van der Waals surface area contributed by atoms with Gasteiger partial charge in [0.15, 0.2) is 0 Å². The molecule has 15 heavy (non-hydrogen) atoms. The van der Waals surface area contributed by atoms with Gasteiger partial charge in [0.25, 0.3) is 0 Å². The van der Waals surface area contributed by atoms with Gasteiger partial charge in [0.05, 0.1) is 11.6 Å². The second-order valence-electron chi connectivity index (χ2n) is 3.63. The van der Waals surface area contributed by atoms with E-state index in [0.29, 0.717) is 18.5 Å². The summed E-state index contributed by atoms with van der Waals surface area (Å²) in [5.74, 6) is 0.0255. The van der Waals surface area contributed by atoms with Crippen LogP contribution in [0.3, 0.4) is 0 Å². The minimum Gasteiger partial charge on any atom is -0.326 e. The first-order valence-corrected chi connectivity index (χ1v) is 4.77. The van der Waals surface area contributed by atoms with Gasteiger partial charge in [-0.2, -0.15) is 5.26 Å². The Kier molecular flexibility index (Phi) is 2.40. The van der Waals surface area contributed by atoms with Gasteiger partial charge in [-0.25, -0.2) is 0 Å². The Hall–Kier alpha value is -1.86. The zero-order chi connectivity index (χ0) is 10.8. The highest BCUT2D eigenvalue weighted by atomic mass is 16.2. The molecule has 1 aliphatic rings. The summed E-state index contributed by atoms with van der Waals surface area (Å²) in [6, 6.07) is 8.96. The van der Waals surface area contributed by atoms with Crippen molar-refractivity contribution in [2.45, 2.75) is 12.5 Å². The van der Waals surface area contributed by atoms with Gasteiger partial charge in [-0.05, 0) is 18.2 Å². The molecule has 1 aromatic rings. The molecule has 4 nitrogen and oxygen atoms in total. The summed E-state index contributed by atoms with van der Waals surface area (Å²) in [6.45, 7) is 0.535. The molecule has 2 N–H and O–H groups in total. The van der Waals surface area contributed by atoms with Crippen molar-refractivity contribution in [2.75, 3.05) is 11.4 Å². The number of carbonyl (C=O) groups excluding carboxylic acids is 1. The van der Waals surface area contributed by atoms with Gasteiger partial charge >= 0.3 is 0 Å². The predicted octanol–water partition coefficient (Wildman–Crippen LogP) is 0.622. The Labute approximate surface area is 87.9 Å². The Morgan fingerprint density at radius 2 is 2.33 bits per heavy atom. The number of rotatable bonds is 1. The number of amides is 1. The summed E-state index contributed by atoms with van der Waals surface area (Å²) >= 11 is 0. The summed E-state index contributed by atoms with van der Waals surface area (Å²) in [5, 5.41) is 8.74. The highest BCUT2D eigenvalue weighted by molar-refractivity contribution is 5.96. The molecule has 2 rings (SSSR count). The number of anilines is 1. The largest absolute Gasteiger partial charge is 0.326 e. The number of hydrogen-bond donors (Lipinski definition) is 1. The molecule has 76 valence electrons. The quantitative estimate of drug-likeness (QED) is 0.724. The zero-order valence-corrected chi connectivity index (χ0v) is 8.18. The van der Waals surface area contributed by atoms with Crippen LogP contribution in [0.5, 0.6) is 0 Å². The Morgan fingerprint density at radius 3 is 2.93 bits per heavy atom. The maximum Gasteiger partial charge on any atom is 0.228 e. The third kappa shape index (κ3) is 1.83. The second-order valence-corrected chi connectivity index (χ2v) is 3.63. The minimum absolute atomic E-state index is 0.0255. The minimum atomic E-state index is -0.0942. The fraction of sp³-hybridized carbons (Fsp3) is 0.273. The number of nitrogens with zero attached hydrogens (tertiary/aromatic N) is 2. The SMILES string of the molecule is N#Cc1cccc(N2CC(N)CC2=O)c1. The topological polar surface area (TPSA) is 70.1 Å². The van der Waals surface area contributed by atoms with E-state index in [-0.39, 0.29) is 11.9 Å². The van der Waals surface area contributed by atoms with E-state index in [4.69, 9.17) is 11.0 Å². The fourth-order valence-electron chi connectivity index (χ4n) is 1.73. The van der Waals surface area contributed by atoms with E-state index in [9.17, 15) is 4.79 Å². The number of carbonyl (C=O) groups is 1. The molecule has 1 aromatic carbocycles. The van der Waals surface area contributed by atoms with Gasteiger partial charge in [0, 0.05) is 24.7 Å². The van der Waals surface area contributed by atoms with E-state index < -0.39 is 0 Å². The van der Waals surface area contributed by atoms with Crippen molar-refractivity contribution in [3.05, 3.63) is 29.8 Å². The Balaban J connectivity index is 2.30. The van der Waals surface area contributed by atoms with Crippen molar-refractivity contribution in [1.29, 1.82) is 5.26 Å². The molecule has 0 aliphatic carbocycles. The molecule has 0 radical (unpaired) electrons. The molecule has 0 aromatic heterocycles. The van der Waals surface area contributed by atoms with Crippen molar-refractivity contribution in [2.24, 2.45) is 5.73 Å². The van der Waals surface area contributed by atoms with Crippen LogP contribution in [0, 0.1) is 11.3 Å². The van der Waals surface area contributed by atoms with Gasteiger partial charge in [0.2, 0.25) is 5.91 Å². The van der Waals surface area contributed by atoms with Gasteiger partial charge in [0.1, 0.15) is 0 Å². The van der Waals surface area contributed by atoms with Crippen molar-refractivity contribution in [1.82, 2.24) is 0 Å². The molecule has 1 amide bonds. The van der Waals surface area contributed by atoms with Crippen molar-refractivity contribution < 1.29 is 4.79 Å². The molecule has 0 saturated carbocycles. The van der Waals surface area contributed by atoms with Crippen LogP contribution in [-0.2, 0) is 4.79 Å². The standard InChI is InChI=1S/C11H11N3O/c12-6-8-2-1-3-10(4-8)14-7-9(13)5-11(14)15/h1-4,9H,5,7,13H2. The molecule has 1 unspecified atom stereocenters. The number of benzene rings is 1. The van der Waals surface area contributed by atoms with Crippen LogP contribution in [-0.4, -0.2) is 18.5 Å². The van der Waals surface area contributed by atoms with Crippen LogP contribution in [0.1, 0.15) is 12.0 Å². The highest BCUT2D eigenvalue weighted by Gasteiger charge is 2.27. The van der Waals surface area contributed by atoms with Crippen LogP contribution >= 0.6 is 0 Å². The maximum absolute atomic E-state index is 11.5. The smallest absolute Gasteiger partial charge is 0.228 e. The Bertz CT molecular complexity index is 436. The van der Waals surface area contributed by atoms with Crippen LogP contribution < -0.4 is 10.6 Å². The summed E-state index contributed by atoms with van der Waals surface area (Å²) in [4.78, 5) is 13.2. The zero-order valence-electron chi connectivity index (χ0n) is 8.18. The summed E-state index contributed by atoms with van der Waals surface area (Å²) in [5.41, 5.74) is 7.01. The third-order valence-corrected chi connectivity index (χ3v) is 2.44. The van der Waals surface area contributed by atoms with Gasteiger partial charge in [-0.3, -0.25) is 4.79 Å². The van der Waals surface area contributed by atoms with Crippen LogP contribution in [0.25, 0.3) is 0 Å². The monoisotopic (exact) mass is 201 g/mol. The van der Waals surface area contributed by atoms with E-state index in [1.54, 1.807) is 23.1 Å². The fourth-order valence-corrected chi connectivity index (χ4v) is 1.73. The molecular weight excluding hydrogens is 190 g/mol. The lowest BCUT2D eigenvalue weighted by Crippen LogP contribution is -2.27. The van der Waals surface area contributed by atoms with Gasteiger partial charge in [-0.1, -0.05) is 6.07 Å². The first-order chi connectivity index (χ1) is 7.20. The molecule has 1 aliphatic heterocycles. The van der Waals surface area contributed by atoms with E-state index in [2.05, 4.69) is 0 Å². The second kappa shape index (κ2) is 3.71. The predicted molar refractivity (Wildman–Crippen MR) is 56.1 cm³/mol. The van der Waals surface area contributed by atoms with E-state index >= 15 is 0 Å². The molecular formula is C11H11N3O. The molecule has 0 bridgehead atoms. The van der Waals surface area contributed by atoms with Crippen LogP contribution in [0.2, 0.25) is 0 Å². The molecule has 1 saturated heterocycles. The molecule has 1 atom stereocenters. The molecule has 4 heteroatoms. The van der Waals surface area contributed by atoms with E-state index in [1.165, 1.54) is 0 Å². The first-order valence-electron chi connectivity index (χ1n) is 4.77. The first kappa shape index (κ1) is 9.69. The van der Waals surface area contributed by atoms with E-state index in [0.717, 1.165) is 5.69 Å². The lowest BCUT2D eigenvalue weighted by atomic mass is 10.2. The Morgan fingerprint density at radius 1 is 1.53 bits per heavy atom. The van der Waals surface area contributed by atoms with Crippen LogP contribution in [0.15, 0.2) is 24.3 Å². The lowest BCUT2D eigenvalue weighted by molar-refractivity contribution is -0.117. The molecule has 1 heterocycles. The normalized spacial score (nSPS) is 20.4. The number of hydrogen-bond acceptors (Lipinski definition) is 3. The summed E-state index contributed by atoms with van der Waals surface area (Å²) in [6.07, 6.45) is 0.386. The highest BCUT2D eigenvalue weighted by Crippen LogP contribution is 2.21. The van der Waals surface area contributed by atoms with E-state index in [1.807, 2.05) is 12.1 Å². The third-order valence-electron chi connectivity index (χ3n) is 2.44. The molecule has 1 fully saturated rings. The van der Waals surface area contributed by atoms with Crippen molar-refractivity contribution in [3.63, 3.8) is 0 Å². The summed E-state index contributed by atoms with van der Waals surface area (Å²) in [7, 11) is 0. The van der Waals surface area contributed by atoms with Gasteiger partial charge < -0.3 is 10.6 Å². The maximum atomic E-state index is 11.5. The number of nitriles is 1. The van der Waals surface area contributed by atoms with Crippen molar-refractivity contribution in [3.8, 4) is 6.07 Å². The number of nitrogens with two attached hydrogens (primary N) is 1. The molecule has 0 spiro atoms. The van der Waals surface area contributed by atoms with Crippen molar-refractivity contribution >= 4 is 11.6 Å². The lowest BCUT2D eigenvalue weighted by Gasteiger charge is -2.15. The van der Waals surface area contributed by atoms with Crippen LogP contribution in [0.4, 0.5) is 5.69 Å². The average molecular weight is 201 g/mol. The average Bonchev–Trinajstić information content (AvgIpc) is 2.58. The van der Waals surface area contributed by atoms with Gasteiger partial charge in [-0.15, -0.1) is 0 Å². The summed E-state index contributed by atoms with van der Waals surface area (Å²) < 4.78 is 0.